The number of benzene rings is 2. The van der Waals surface area contributed by atoms with Crippen molar-refractivity contribution < 1.29 is 14.0 Å². The third-order valence-corrected chi connectivity index (χ3v) is 19.3. The average Bonchev–Trinajstić information content (AvgIpc) is 3.40. The largest absolute Gasteiger partial charge is 0.469 e. The van der Waals surface area contributed by atoms with Crippen LogP contribution in [0.25, 0.3) is 0 Å². The maximum absolute atomic E-state index is 11.9. The van der Waals surface area contributed by atoms with Gasteiger partial charge in [0.25, 0.3) is 8.32 Å². The first-order chi connectivity index (χ1) is 21.4. The van der Waals surface area contributed by atoms with Gasteiger partial charge in [-0.25, -0.2) is 0 Å². The van der Waals surface area contributed by atoms with Gasteiger partial charge in [0.15, 0.2) is 0 Å². The Labute approximate surface area is 275 Å². The van der Waals surface area contributed by atoms with E-state index in [1.165, 1.54) is 75.3 Å². The Bertz CT molecular complexity index is 1260. The van der Waals surface area contributed by atoms with Crippen LogP contribution in [0, 0.1) is 46.3 Å². The highest BCUT2D eigenvalue weighted by molar-refractivity contribution is 6.99. The van der Waals surface area contributed by atoms with Crippen LogP contribution in [0.3, 0.4) is 0 Å². The molecule has 0 aromatic heterocycles. The van der Waals surface area contributed by atoms with Crippen molar-refractivity contribution in [2.45, 2.75) is 123 Å². The summed E-state index contributed by atoms with van der Waals surface area (Å²) in [6.07, 6.45) is 13.9. The van der Waals surface area contributed by atoms with Crippen LogP contribution in [-0.4, -0.2) is 27.5 Å². The van der Waals surface area contributed by atoms with E-state index in [0.717, 1.165) is 36.0 Å². The quantitative estimate of drug-likeness (QED) is 0.216. The fourth-order valence-electron chi connectivity index (χ4n) is 11.9. The Morgan fingerprint density at radius 2 is 1.44 bits per heavy atom. The lowest BCUT2D eigenvalue weighted by Crippen LogP contribution is -2.68. The van der Waals surface area contributed by atoms with Gasteiger partial charge < -0.3 is 9.16 Å². The molecule has 4 unspecified atom stereocenters. The van der Waals surface area contributed by atoms with Gasteiger partial charge in [-0.15, -0.1) is 0 Å². The molecular formula is C41H60O3Si. The molecule has 0 saturated heterocycles. The molecule has 0 aliphatic heterocycles. The minimum Gasteiger partial charge on any atom is -0.469 e. The summed E-state index contributed by atoms with van der Waals surface area (Å²) in [4.78, 5) is 11.9. The lowest BCUT2D eigenvalue weighted by atomic mass is 9.44. The molecule has 4 aliphatic carbocycles. The van der Waals surface area contributed by atoms with Gasteiger partial charge in [-0.3, -0.25) is 4.79 Å². The van der Waals surface area contributed by atoms with E-state index in [1.807, 2.05) is 0 Å². The van der Waals surface area contributed by atoms with Crippen LogP contribution >= 0.6 is 0 Å². The van der Waals surface area contributed by atoms with Gasteiger partial charge in [-0.05, 0) is 126 Å². The van der Waals surface area contributed by atoms with Crippen LogP contribution in [0.15, 0.2) is 60.7 Å². The van der Waals surface area contributed by atoms with Crippen LogP contribution in [0.5, 0.6) is 0 Å². The molecule has 9 atom stereocenters. The highest BCUT2D eigenvalue weighted by atomic mass is 28.4. The number of hydrogen-bond donors (Lipinski definition) is 0. The minimum absolute atomic E-state index is 0.0228. The fraction of sp³-hybridized carbons (Fsp3) is 0.683. The number of rotatable bonds is 8. The minimum atomic E-state index is -2.54. The van der Waals surface area contributed by atoms with E-state index in [2.05, 4.69) is 102 Å². The predicted octanol–water partition coefficient (Wildman–Crippen LogP) is 9.18. The zero-order chi connectivity index (χ0) is 32.0. The van der Waals surface area contributed by atoms with Crippen LogP contribution in [0.4, 0.5) is 0 Å². The molecule has 0 amide bonds. The van der Waals surface area contributed by atoms with Crippen molar-refractivity contribution in [3.05, 3.63) is 60.7 Å². The molecule has 45 heavy (non-hydrogen) atoms. The summed E-state index contributed by atoms with van der Waals surface area (Å²) in [6, 6.07) is 22.5. The number of hydrogen-bond acceptors (Lipinski definition) is 3. The molecule has 246 valence electrons. The summed E-state index contributed by atoms with van der Waals surface area (Å²) in [5.74, 6) is 4.63. The average molecular weight is 629 g/mol. The van der Waals surface area contributed by atoms with Gasteiger partial charge >= 0.3 is 5.97 Å². The normalized spacial score (nSPS) is 35.5. The molecule has 2 aromatic rings. The highest BCUT2D eigenvalue weighted by Crippen LogP contribution is 2.68. The monoisotopic (exact) mass is 628 g/mol. The number of carbonyl (C=O) groups excluding carboxylic acids is 1. The van der Waals surface area contributed by atoms with E-state index in [1.54, 1.807) is 0 Å². The van der Waals surface area contributed by atoms with E-state index >= 15 is 0 Å². The lowest BCUT2D eigenvalue weighted by molar-refractivity contribution is -0.141. The molecular weight excluding hydrogens is 569 g/mol. The second-order valence-electron chi connectivity index (χ2n) is 17.2. The number of carbonyl (C=O) groups is 1. The third kappa shape index (κ3) is 5.68. The number of esters is 1. The summed E-state index contributed by atoms with van der Waals surface area (Å²) in [7, 11) is -1.02. The molecule has 4 aliphatic rings. The van der Waals surface area contributed by atoms with Gasteiger partial charge in [0.1, 0.15) is 0 Å². The van der Waals surface area contributed by atoms with E-state index in [9.17, 15) is 4.79 Å². The molecule has 0 spiro atoms. The summed E-state index contributed by atoms with van der Waals surface area (Å²) in [5, 5.41) is 2.84. The number of methoxy groups -OCH3 is 1. The number of ether oxygens (including phenoxy) is 1. The van der Waals surface area contributed by atoms with Gasteiger partial charge in [0.05, 0.1) is 7.11 Å². The first-order valence-corrected chi connectivity index (χ1v) is 20.2. The van der Waals surface area contributed by atoms with Crippen molar-refractivity contribution in [3.63, 3.8) is 0 Å². The Morgan fingerprint density at radius 1 is 0.844 bits per heavy atom. The molecule has 2 aromatic carbocycles. The van der Waals surface area contributed by atoms with E-state index < -0.39 is 8.32 Å². The first-order valence-electron chi connectivity index (χ1n) is 18.3. The van der Waals surface area contributed by atoms with Crippen molar-refractivity contribution >= 4 is 24.7 Å². The van der Waals surface area contributed by atoms with E-state index in [0.29, 0.717) is 29.3 Å². The van der Waals surface area contributed by atoms with E-state index in [4.69, 9.17) is 9.16 Å². The molecule has 4 saturated carbocycles. The lowest BCUT2D eigenvalue weighted by Gasteiger charge is -2.62. The second kappa shape index (κ2) is 12.6. The van der Waals surface area contributed by atoms with Crippen molar-refractivity contribution in [1.29, 1.82) is 0 Å². The van der Waals surface area contributed by atoms with Gasteiger partial charge in [-0.2, -0.15) is 0 Å². The topological polar surface area (TPSA) is 35.5 Å². The van der Waals surface area contributed by atoms with Crippen molar-refractivity contribution in [2.24, 2.45) is 46.3 Å². The highest BCUT2D eigenvalue weighted by Gasteiger charge is 2.61. The van der Waals surface area contributed by atoms with Crippen LogP contribution in [0.1, 0.15) is 112 Å². The zero-order valence-corrected chi connectivity index (χ0v) is 30.3. The third-order valence-electron chi connectivity index (χ3n) is 14.2. The van der Waals surface area contributed by atoms with Crippen LogP contribution in [-0.2, 0) is 14.0 Å². The maximum atomic E-state index is 11.9. The standard InChI is InChI=1S/C41H60O3Si/c1-29(18-23-38(42)43-7)35-21-22-36-34-20-19-30-28-31(24-26-40(30,5)37(34)25-27-41(35,36)6)44-45(39(2,3)4,32-14-10-8-11-15-32)33-16-12-9-13-17-33/h8-17,29-31,34-37H,18-28H2,1-7H3/t29-,30?,31+,34?,35-,36?,37?,40+,41-/m1/s1. The fourth-order valence-corrected chi connectivity index (χ4v) is 16.6. The Morgan fingerprint density at radius 3 is 2.04 bits per heavy atom. The SMILES string of the molecule is COC(=O)CC[C@@H](C)[C@H]1CCC2C3CCC4C[C@@H](O[Si](c5ccccc5)(c5ccccc5)C(C)(C)C)CC[C@]4(C)C3CC[C@@]21C. The van der Waals surface area contributed by atoms with Gasteiger partial charge in [-0.1, -0.05) is 102 Å². The molecule has 0 bridgehead atoms. The molecule has 0 N–H and O–H groups in total. The van der Waals surface area contributed by atoms with Crippen molar-refractivity contribution in [2.75, 3.05) is 7.11 Å². The van der Waals surface area contributed by atoms with E-state index in [-0.39, 0.29) is 11.0 Å². The van der Waals surface area contributed by atoms with Crippen LogP contribution < -0.4 is 10.4 Å². The second-order valence-corrected chi connectivity index (χ2v) is 21.4. The molecule has 4 fully saturated rings. The molecule has 3 nitrogen and oxygen atoms in total. The smallest absolute Gasteiger partial charge is 0.305 e. The summed E-state index contributed by atoms with van der Waals surface area (Å²) < 4.78 is 12.7. The van der Waals surface area contributed by atoms with Crippen molar-refractivity contribution in [1.82, 2.24) is 0 Å². The molecule has 0 heterocycles. The Balaban J connectivity index is 1.20. The van der Waals surface area contributed by atoms with Gasteiger partial charge in [0, 0.05) is 12.5 Å². The molecule has 4 heteroatoms. The predicted molar refractivity (Wildman–Crippen MR) is 188 cm³/mol. The van der Waals surface area contributed by atoms with Crippen LogP contribution in [0.2, 0.25) is 5.04 Å². The molecule has 0 radical (unpaired) electrons. The maximum Gasteiger partial charge on any atom is 0.305 e. The zero-order valence-electron chi connectivity index (χ0n) is 29.3. The molecule has 6 rings (SSSR count). The van der Waals surface area contributed by atoms with Crippen molar-refractivity contribution in [3.8, 4) is 0 Å². The first kappa shape index (κ1) is 33.0. The Hall–Kier alpha value is -1.91. The summed E-state index contributed by atoms with van der Waals surface area (Å²) >= 11 is 0. The number of fused-ring (bicyclic) bond motifs is 5. The Kier molecular flexibility index (Phi) is 9.24. The van der Waals surface area contributed by atoms with Gasteiger partial charge in [0.2, 0.25) is 0 Å². The summed E-state index contributed by atoms with van der Waals surface area (Å²) in [5.41, 5.74) is 0.869. The summed E-state index contributed by atoms with van der Waals surface area (Å²) in [6.45, 7) is 15.0.